The van der Waals surface area contributed by atoms with Crippen LogP contribution in [0.5, 0.6) is 0 Å². The predicted molar refractivity (Wildman–Crippen MR) is 61.2 cm³/mol. The van der Waals surface area contributed by atoms with Crippen LogP contribution in [0.3, 0.4) is 0 Å². The van der Waals surface area contributed by atoms with Crippen molar-refractivity contribution in [2.45, 2.75) is 12.5 Å². The zero-order chi connectivity index (χ0) is 14.0. The zero-order valence-corrected chi connectivity index (χ0v) is 12.3. The molecule has 19 heavy (non-hydrogen) atoms. The van der Waals surface area contributed by atoms with E-state index < -0.39 is 9.05 Å². The summed E-state index contributed by atoms with van der Waals surface area (Å²) in [7, 11) is 0.269. The van der Waals surface area contributed by atoms with E-state index in [1.54, 1.807) is 0 Å². The molecular formula is C9H20O9Si. The molecule has 1 heterocycles. The minimum atomic E-state index is -3.61. The average Bonchev–Trinajstić information content (AvgIpc) is 3.19. The Kier molecular flexibility index (Phi) is 8.64. The third-order valence-corrected chi connectivity index (χ3v) is 3.64. The lowest BCUT2D eigenvalue weighted by Gasteiger charge is -2.22. The summed E-state index contributed by atoms with van der Waals surface area (Å²) in [5.74, 6) is 0. The summed E-state index contributed by atoms with van der Waals surface area (Å²) in [6.07, 6.45) is 0.870. The van der Waals surface area contributed by atoms with E-state index in [0.717, 1.165) is 6.61 Å². The topological polar surface area (TPSA) is 86.4 Å². The van der Waals surface area contributed by atoms with Crippen LogP contribution >= 0.6 is 0 Å². The Bertz CT molecular complexity index is 209. The fourth-order valence-corrected chi connectivity index (χ4v) is 2.39. The molecule has 1 aliphatic rings. The lowest BCUT2D eigenvalue weighted by Crippen LogP contribution is -2.49. The van der Waals surface area contributed by atoms with Gasteiger partial charge in [-0.05, 0) is 6.42 Å². The first-order valence-corrected chi connectivity index (χ1v) is 7.38. The highest BCUT2D eigenvalue weighted by Gasteiger charge is 2.51. The van der Waals surface area contributed by atoms with Gasteiger partial charge < -0.3 is 13.9 Å². The van der Waals surface area contributed by atoms with Crippen molar-refractivity contribution in [3.05, 3.63) is 0 Å². The SMILES string of the molecule is COO[Si](OCCCOCC1CO1)(OOC)OOC. The molecule has 0 radical (unpaired) electrons. The van der Waals surface area contributed by atoms with Crippen LogP contribution in [0.25, 0.3) is 0 Å². The average molecular weight is 300 g/mol. The lowest BCUT2D eigenvalue weighted by molar-refractivity contribution is -0.370. The van der Waals surface area contributed by atoms with Crippen molar-refractivity contribution in [3.8, 4) is 0 Å². The molecule has 10 heteroatoms. The van der Waals surface area contributed by atoms with Gasteiger partial charge in [0, 0.05) is 13.2 Å². The van der Waals surface area contributed by atoms with Crippen LogP contribution in [0.2, 0.25) is 0 Å². The number of ether oxygens (including phenoxy) is 2. The second-order valence-corrected chi connectivity index (χ2v) is 5.27. The molecule has 0 saturated carbocycles. The molecule has 0 bridgehead atoms. The minimum Gasteiger partial charge on any atom is -0.379 e. The predicted octanol–water partition coefficient (Wildman–Crippen LogP) is -0.0219. The van der Waals surface area contributed by atoms with E-state index in [1.807, 2.05) is 0 Å². The van der Waals surface area contributed by atoms with Gasteiger partial charge in [-0.3, -0.25) is 0 Å². The zero-order valence-electron chi connectivity index (χ0n) is 11.3. The molecule has 0 aliphatic carbocycles. The van der Waals surface area contributed by atoms with E-state index in [4.69, 9.17) is 27.6 Å². The summed E-state index contributed by atoms with van der Waals surface area (Å²) in [5.41, 5.74) is 0. The summed E-state index contributed by atoms with van der Waals surface area (Å²) in [6.45, 7) is 2.17. The lowest BCUT2D eigenvalue weighted by atomic mass is 10.5. The summed E-state index contributed by atoms with van der Waals surface area (Å²) < 4.78 is 30.2. The number of hydrogen-bond acceptors (Lipinski definition) is 9. The van der Waals surface area contributed by atoms with Crippen molar-refractivity contribution in [2.75, 3.05) is 47.8 Å². The van der Waals surface area contributed by atoms with E-state index >= 15 is 0 Å². The standard InChI is InChI=1S/C9H20O9Si/c1-10-16-19(17-11-2,18-12-3)15-6-4-5-13-7-9-8-14-9/h9H,4-8H2,1-3H3. The third kappa shape index (κ3) is 7.27. The van der Waals surface area contributed by atoms with Crippen LogP contribution in [0.4, 0.5) is 0 Å². The van der Waals surface area contributed by atoms with Gasteiger partial charge in [-0.1, -0.05) is 0 Å². The van der Waals surface area contributed by atoms with Crippen LogP contribution in [0, 0.1) is 0 Å². The largest absolute Gasteiger partial charge is 0.764 e. The Morgan fingerprint density at radius 1 is 1.00 bits per heavy atom. The Labute approximate surface area is 112 Å². The number of epoxide rings is 1. The van der Waals surface area contributed by atoms with Gasteiger partial charge in [0.15, 0.2) is 0 Å². The van der Waals surface area contributed by atoms with Crippen molar-refractivity contribution in [1.82, 2.24) is 0 Å². The third-order valence-electron chi connectivity index (χ3n) is 1.97. The van der Waals surface area contributed by atoms with E-state index in [1.165, 1.54) is 21.3 Å². The molecule has 0 aromatic rings. The van der Waals surface area contributed by atoms with Crippen LogP contribution in [-0.2, 0) is 42.3 Å². The highest BCUT2D eigenvalue weighted by atomic mass is 28.4. The maximum atomic E-state index is 5.36. The molecule has 1 fully saturated rings. The van der Waals surface area contributed by atoms with Crippen molar-refractivity contribution in [3.63, 3.8) is 0 Å². The highest BCUT2D eigenvalue weighted by molar-refractivity contribution is 6.52. The first-order chi connectivity index (χ1) is 9.26. The molecule has 1 unspecified atom stereocenters. The summed E-state index contributed by atoms with van der Waals surface area (Å²) >= 11 is 0. The number of hydrogen-bond donors (Lipinski definition) is 0. The molecular weight excluding hydrogens is 280 g/mol. The van der Waals surface area contributed by atoms with Gasteiger partial charge >= 0.3 is 9.05 Å². The van der Waals surface area contributed by atoms with Crippen LogP contribution in [-0.4, -0.2) is 62.9 Å². The minimum absolute atomic E-state index is 0.250. The fraction of sp³-hybridized carbons (Fsp3) is 1.00. The van der Waals surface area contributed by atoms with Crippen molar-refractivity contribution >= 4 is 9.05 Å². The van der Waals surface area contributed by atoms with E-state index in [0.29, 0.717) is 19.6 Å². The van der Waals surface area contributed by atoms with Crippen molar-refractivity contribution in [2.24, 2.45) is 0 Å². The van der Waals surface area contributed by atoms with Gasteiger partial charge in [-0.2, -0.15) is 13.7 Å². The van der Waals surface area contributed by atoms with Crippen molar-refractivity contribution < 1.29 is 42.3 Å². The maximum Gasteiger partial charge on any atom is 0.764 e. The molecule has 0 aromatic carbocycles. The number of rotatable bonds is 13. The highest BCUT2D eigenvalue weighted by Crippen LogP contribution is 2.13. The first-order valence-electron chi connectivity index (χ1n) is 5.75. The van der Waals surface area contributed by atoms with E-state index in [2.05, 4.69) is 14.7 Å². The quantitative estimate of drug-likeness (QED) is 0.153. The Balaban J connectivity index is 2.17. The first kappa shape index (κ1) is 16.9. The molecule has 1 rings (SSSR count). The maximum absolute atomic E-state index is 5.36. The van der Waals surface area contributed by atoms with Crippen LogP contribution < -0.4 is 0 Å². The Morgan fingerprint density at radius 3 is 2.05 bits per heavy atom. The van der Waals surface area contributed by atoms with Crippen molar-refractivity contribution in [1.29, 1.82) is 0 Å². The Morgan fingerprint density at radius 2 is 1.58 bits per heavy atom. The molecule has 1 saturated heterocycles. The van der Waals surface area contributed by atoms with Gasteiger partial charge in [0.2, 0.25) is 0 Å². The molecule has 1 atom stereocenters. The van der Waals surface area contributed by atoms with Gasteiger partial charge in [-0.15, -0.1) is 0 Å². The molecule has 0 spiro atoms. The molecule has 0 amide bonds. The molecule has 1 aliphatic heterocycles. The van der Waals surface area contributed by atoms with Gasteiger partial charge in [0.05, 0.1) is 34.5 Å². The second kappa shape index (κ2) is 9.71. The fourth-order valence-electron chi connectivity index (χ4n) is 1.16. The summed E-state index contributed by atoms with van der Waals surface area (Å²) in [5, 5.41) is 0. The van der Waals surface area contributed by atoms with Gasteiger partial charge in [0.1, 0.15) is 6.10 Å². The molecule has 0 aromatic heterocycles. The summed E-state index contributed by atoms with van der Waals surface area (Å²) in [4.78, 5) is 13.5. The smallest absolute Gasteiger partial charge is 0.379 e. The van der Waals surface area contributed by atoms with E-state index in [-0.39, 0.29) is 12.7 Å². The monoisotopic (exact) mass is 300 g/mol. The van der Waals surface area contributed by atoms with Crippen LogP contribution in [0.1, 0.15) is 6.42 Å². The Hall–Kier alpha value is -0.143. The summed E-state index contributed by atoms with van der Waals surface area (Å²) in [6, 6.07) is 0. The second-order valence-electron chi connectivity index (χ2n) is 3.48. The van der Waals surface area contributed by atoms with E-state index in [9.17, 15) is 0 Å². The normalized spacial score (nSPS) is 18.8. The van der Waals surface area contributed by atoms with Gasteiger partial charge in [0.25, 0.3) is 0 Å². The molecule has 9 nitrogen and oxygen atoms in total. The molecule has 114 valence electrons. The van der Waals surface area contributed by atoms with Gasteiger partial charge in [-0.25, -0.2) is 14.7 Å². The van der Waals surface area contributed by atoms with Crippen LogP contribution in [0.15, 0.2) is 0 Å². The molecule has 0 N–H and O–H groups in total.